The monoisotopic (exact) mass is 617 g/mol. The van der Waals surface area contributed by atoms with Crippen molar-refractivity contribution in [2.75, 3.05) is 0 Å². The molecule has 9 aromatic rings. The highest BCUT2D eigenvalue weighted by atomic mass is 32.1. The first-order chi connectivity index (χ1) is 23.3. The Morgan fingerprint density at radius 2 is 0.915 bits per heavy atom. The average molecular weight is 618 g/mol. The maximum atomic E-state index is 5.13. The van der Waals surface area contributed by atoms with Crippen LogP contribution in [0.5, 0.6) is 0 Å². The highest BCUT2D eigenvalue weighted by Crippen LogP contribution is 2.45. The number of fused-ring (bicyclic) bond motifs is 4. The summed E-state index contributed by atoms with van der Waals surface area (Å²) in [7, 11) is 0. The Morgan fingerprint density at radius 3 is 1.64 bits per heavy atom. The standard InChI is InChI=1S/C43H27N3S/c1-3-13-31(14-4-1)41-44-42(32-15-5-2-6-16-32)46-43(45-41)37-27-26-36-35-19-9-10-21-38(35)47-40(36)39(37)30-24-22-29(23-25-30)34-20-11-17-28-12-7-8-18-33(28)34/h1-27H. The van der Waals surface area contributed by atoms with Crippen molar-refractivity contribution in [1.82, 2.24) is 15.0 Å². The molecule has 47 heavy (non-hydrogen) atoms. The lowest BCUT2D eigenvalue weighted by Crippen LogP contribution is -2.01. The minimum absolute atomic E-state index is 0.656. The van der Waals surface area contributed by atoms with Gasteiger partial charge in [-0.3, -0.25) is 0 Å². The number of hydrogen-bond acceptors (Lipinski definition) is 4. The minimum Gasteiger partial charge on any atom is -0.208 e. The molecule has 0 spiro atoms. The van der Waals surface area contributed by atoms with Gasteiger partial charge in [-0.25, -0.2) is 15.0 Å². The summed E-state index contributed by atoms with van der Waals surface area (Å²) in [5, 5.41) is 4.99. The molecule has 0 aliphatic carbocycles. The number of hydrogen-bond donors (Lipinski definition) is 0. The van der Waals surface area contributed by atoms with Crippen LogP contribution in [-0.2, 0) is 0 Å². The van der Waals surface area contributed by atoms with Gasteiger partial charge in [0.15, 0.2) is 17.5 Å². The maximum Gasteiger partial charge on any atom is 0.164 e. The van der Waals surface area contributed by atoms with Gasteiger partial charge in [0.05, 0.1) is 0 Å². The molecular formula is C43H27N3S. The Balaban J connectivity index is 1.28. The van der Waals surface area contributed by atoms with Gasteiger partial charge < -0.3 is 0 Å². The fourth-order valence-corrected chi connectivity index (χ4v) is 7.76. The zero-order valence-electron chi connectivity index (χ0n) is 25.3. The van der Waals surface area contributed by atoms with E-state index in [4.69, 9.17) is 15.0 Å². The highest BCUT2D eigenvalue weighted by Gasteiger charge is 2.20. The van der Waals surface area contributed by atoms with Crippen molar-refractivity contribution in [3.05, 3.63) is 164 Å². The van der Waals surface area contributed by atoms with Gasteiger partial charge in [0.1, 0.15) is 0 Å². The van der Waals surface area contributed by atoms with Gasteiger partial charge in [-0.15, -0.1) is 11.3 Å². The quantitative estimate of drug-likeness (QED) is 0.193. The SMILES string of the molecule is c1ccc(-c2nc(-c3ccccc3)nc(-c3ccc4c(sc5ccccc54)c3-c3ccc(-c4cccc5ccccc45)cc3)n2)cc1. The first kappa shape index (κ1) is 27.3. The summed E-state index contributed by atoms with van der Waals surface area (Å²) in [6.07, 6.45) is 0. The molecule has 0 atom stereocenters. The van der Waals surface area contributed by atoms with Crippen molar-refractivity contribution in [2.24, 2.45) is 0 Å². The lowest BCUT2D eigenvalue weighted by atomic mass is 9.93. The van der Waals surface area contributed by atoms with E-state index in [1.165, 1.54) is 42.1 Å². The molecule has 0 unspecified atom stereocenters. The summed E-state index contributed by atoms with van der Waals surface area (Å²) in [5.74, 6) is 1.97. The lowest BCUT2D eigenvalue weighted by Gasteiger charge is -2.14. The van der Waals surface area contributed by atoms with Gasteiger partial charge >= 0.3 is 0 Å². The van der Waals surface area contributed by atoms with Crippen LogP contribution in [0.4, 0.5) is 0 Å². The zero-order valence-corrected chi connectivity index (χ0v) is 26.2. The van der Waals surface area contributed by atoms with Gasteiger partial charge in [0.25, 0.3) is 0 Å². The Labute approximate surface area is 276 Å². The fraction of sp³-hybridized carbons (Fsp3) is 0. The summed E-state index contributed by atoms with van der Waals surface area (Å²) in [5.41, 5.74) is 7.58. The van der Waals surface area contributed by atoms with Gasteiger partial charge in [0.2, 0.25) is 0 Å². The second kappa shape index (κ2) is 11.4. The van der Waals surface area contributed by atoms with Gasteiger partial charge in [-0.2, -0.15) is 0 Å². The van der Waals surface area contributed by atoms with Crippen LogP contribution in [0.2, 0.25) is 0 Å². The van der Waals surface area contributed by atoms with E-state index < -0.39 is 0 Å². The number of nitrogens with zero attached hydrogens (tertiary/aromatic N) is 3. The fourth-order valence-electron chi connectivity index (χ4n) is 6.48. The third kappa shape index (κ3) is 4.87. The van der Waals surface area contributed by atoms with Crippen molar-refractivity contribution in [3.63, 3.8) is 0 Å². The number of rotatable bonds is 5. The number of aromatic nitrogens is 3. The molecule has 0 aliphatic rings. The molecule has 0 aliphatic heterocycles. The minimum atomic E-state index is 0.656. The molecule has 0 saturated carbocycles. The molecule has 2 heterocycles. The van der Waals surface area contributed by atoms with E-state index in [0.717, 1.165) is 27.8 Å². The van der Waals surface area contributed by atoms with Crippen molar-refractivity contribution < 1.29 is 0 Å². The van der Waals surface area contributed by atoms with Crippen molar-refractivity contribution in [3.8, 4) is 56.4 Å². The third-order valence-corrected chi connectivity index (χ3v) is 9.97. The first-order valence-electron chi connectivity index (χ1n) is 15.7. The normalized spacial score (nSPS) is 11.4. The van der Waals surface area contributed by atoms with Crippen LogP contribution in [0, 0.1) is 0 Å². The predicted octanol–water partition coefficient (Wildman–Crippen LogP) is 11.7. The lowest BCUT2D eigenvalue weighted by molar-refractivity contribution is 1.07. The van der Waals surface area contributed by atoms with E-state index in [1.54, 1.807) is 0 Å². The van der Waals surface area contributed by atoms with E-state index in [9.17, 15) is 0 Å². The molecule has 0 N–H and O–H groups in total. The molecule has 0 amide bonds. The molecule has 3 nitrogen and oxygen atoms in total. The Hall–Kier alpha value is -5.97. The molecule has 0 bridgehead atoms. The summed E-state index contributed by atoms with van der Waals surface area (Å²) in [6, 6.07) is 57.4. The van der Waals surface area contributed by atoms with Gasteiger partial charge in [-0.1, -0.05) is 152 Å². The number of benzene rings is 7. The third-order valence-electron chi connectivity index (χ3n) is 8.76. The molecule has 4 heteroatoms. The van der Waals surface area contributed by atoms with Crippen LogP contribution in [0.15, 0.2) is 164 Å². The van der Waals surface area contributed by atoms with E-state index in [2.05, 4.69) is 127 Å². The van der Waals surface area contributed by atoms with Crippen LogP contribution in [0.1, 0.15) is 0 Å². The Bertz CT molecular complexity index is 2490. The van der Waals surface area contributed by atoms with Crippen molar-refractivity contribution in [1.29, 1.82) is 0 Å². The van der Waals surface area contributed by atoms with Crippen LogP contribution in [0.3, 0.4) is 0 Å². The van der Waals surface area contributed by atoms with Gasteiger partial charge in [0, 0.05) is 42.4 Å². The average Bonchev–Trinajstić information content (AvgIpc) is 3.54. The van der Waals surface area contributed by atoms with E-state index in [-0.39, 0.29) is 0 Å². The largest absolute Gasteiger partial charge is 0.208 e. The van der Waals surface area contributed by atoms with Crippen LogP contribution in [0.25, 0.3) is 87.4 Å². The second-order valence-corrected chi connectivity index (χ2v) is 12.7. The summed E-state index contributed by atoms with van der Waals surface area (Å²) in [6.45, 7) is 0. The zero-order chi connectivity index (χ0) is 31.2. The topological polar surface area (TPSA) is 38.7 Å². The van der Waals surface area contributed by atoms with E-state index >= 15 is 0 Å². The molecule has 220 valence electrons. The molecule has 9 rings (SSSR count). The first-order valence-corrected chi connectivity index (χ1v) is 16.5. The maximum absolute atomic E-state index is 5.13. The highest BCUT2D eigenvalue weighted by molar-refractivity contribution is 7.26. The van der Waals surface area contributed by atoms with E-state index in [1.807, 2.05) is 47.7 Å². The molecule has 0 radical (unpaired) electrons. The molecule has 2 aromatic heterocycles. The van der Waals surface area contributed by atoms with Crippen LogP contribution in [-0.4, -0.2) is 15.0 Å². The van der Waals surface area contributed by atoms with Crippen LogP contribution < -0.4 is 0 Å². The van der Waals surface area contributed by atoms with Crippen LogP contribution >= 0.6 is 11.3 Å². The Kier molecular flexibility index (Phi) is 6.65. The summed E-state index contributed by atoms with van der Waals surface area (Å²) < 4.78 is 2.49. The van der Waals surface area contributed by atoms with Crippen molar-refractivity contribution >= 4 is 42.3 Å². The van der Waals surface area contributed by atoms with Gasteiger partial charge in [-0.05, 0) is 39.6 Å². The smallest absolute Gasteiger partial charge is 0.164 e. The Morgan fingerprint density at radius 1 is 0.340 bits per heavy atom. The molecule has 0 saturated heterocycles. The summed E-state index contributed by atoms with van der Waals surface area (Å²) in [4.78, 5) is 15.2. The second-order valence-electron chi connectivity index (χ2n) is 11.6. The number of thiophene rings is 1. The van der Waals surface area contributed by atoms with Crippen molar-refractivity contribution in [2.45, 2.75) is 0 Å². The molecular weight excluding hydrogens is 591 g/mol. The van der Waals surface area contributed by atoms with E-state index in [0.29, 0.717) is 17.5 Å². The molecule has 0 fully saturated rings. The predicted molar refractivity (Wildman–Crippen MR) is 197 cm³/mol. The molecule has 7 aromatic carbocycles. The summed E-state index contributed by atoms with van der Waals surface area (Å²) >= 11 is 1.82.